The summed E-state index contributed by atoms with van der Waals surface area (Å²) in [6.45, 7) is 13.9. The van der Waals surface area contributed by atoms with E-state index in [9.17, 15) is 0 Å². The van der Waals surface area contributed by atoms with Gasteiger partial charge in [0, 0.05) is 26.2 Å². The average molecular weight is 479 g/mol. The largest absolute Gasteiger partial charge is 0.349 e. The average Bonchev–Trinajstić information content (AvgIpc) is 2.81. The lowest BCUT2D eigenvalue weighted by molar-refractivity contribution is 0.421. The maximum atomic E-state index is 5.68. The summed E-state index contributed by atoms with van der Waals surface area (Å²) in [6, 6.07) is 7.11. The Bertz CT molecular complexity index is 823. The van der Waals surface area contributed by atoms with Crippen LogP contribution < -0.4 is 0 Å². The fraction of sp³-hybridized carbons (Fsp3) is 0.733. The third-order valence-corrected chi connectivity index (χ3v) is 8.03. The van der Waals surface area contributed by atoms with E-state index in [4.69, 9.17) is 9.98 Å². The summed E-state index contributed by atoms with van der Waals surface area (Å²) in [6.07, 6.45) is 13.6. The van der Waals surface area contributed by atoms with E-state index >= 15 is 0 Å². The van der Waals surface area contributed by atoms with Crippen LogP contribution in [0.15, 0.2) is 28.2 Å². The van der Waals surface area contributed by atoms with Crippen LogP contribution in [0.2, 0.25) is 11.6 Å². The second-order valence-electron chi connectivity index (χ2n) is 11.9. The second kappa shape index (κ2) is 13.0. The van der Waals surface area contributed by atoms with Gasteiger partial charge in [0.05, 0.1) is 11.4 Å². The number of amidine groups is 1. The van der Waals surface area contributed by atoms with Gasteiger partial charge in [0.2, 0.25) is 12.7 Å². The molecule has 2 fully saturated rings. The molecule has 2 aliphatic rings. The van der Waals surface area contributed by atoms with Crippen LogP contribution in [0, 0.1) is 13.8 Å². The molecule has 0 aromatic heterocycles. The number of aryl methyl sites for hydroxylation is 2. The fourth-order valence-electron chi connectivity index (χ4n) is 6.40. The van der Waals surface area contributed by atoms with Crippen LogP contribution >= 0.6 is 0 Å². The fourth-order valence-corrected chi connectivity index (χ4v) is 6.40. The normalized spacial score (nSPS) is 18.9. The molecule has 0 amide bonds. The van der Waals surface area contributed by atoms with Gasteiger partial charge in [-0.2, -0.15) is 0 Å². The summed E-state index contributed by atoms with van der Waals surface area (Å²) in [4.78, 5) is 15.6. The zero-order chi connectivity index (χ0) is 25.5. The summed E-state index contributed by atoms with van der Waals surface area (Å²) >= 11 is 0. The molecular formula is C30H51BN4. The zero-order valence-corrected chi connectivity index (χ0v) is 24.0. The van der Waals surface area contributed by atoms with E-state index in [0.717, 1.165) is 23.3 Å². The highest BCUT2D eigenvalue weighted by Crippen LogP contribution is 2.43. The minimum absolute atomic E-state index is 0.234. The van der Waals surface area contributed by atoms with E-state index < -0.39 is 0 Å². The first-order valence-corrected chi connectivity index (χ1v) is 14.4. The van der Waals surface area contributed by atoms with Crippen molar-refractivity contribution < 1.29 is 0 Å². The number of guanidine groups is 1. The molecule has 0 saturated heterocycles. The molecule has 2 saturated carbocycles. The Morgan fingerprint density at radius 3 is 1.71 bits per heavy atom. The van der Waals surface area contributed by atoms with Gasteiger partial charge < -0.3 is 9.80 Å². The van der Waals surface area contributed by atoms with Gasteiger partial charge in [-0.3, -0.25) is 0 Å². The summed E-state index contributed by atoms with van der Waals surface area (Å²) in [5.74, 6) is 2.49. The van der Waals surface area contributed by atoms with Crippen molar-refractivity contribution in [3.05, 3.63) is 29.3 Å². The Balaban J connectivity index is 2.26. The van der Waals surface area contributed by atoms with Crippen LogP contribution in [0.1, 0.15) is 103 Å². The van der Waals surface area contributed by atoms with E-state index in [0.29, 0.717) is 6.71 Å². The Kier molecular flexibility index (Phi) is 10.3. The van der Waals surface area contributed by atoms with E-state index in [-0.39, 0.29) is 12.1 Å². The van der Waals surface area contributed by atoms with Crippen LogP contribution in [0.25, 0.3) is 0 Å². The van der Waals surface area contributed by atoms with Gasteiger partial charge >= 0.3 is 0 Å². The van der Waals surface area contributed by atoms with Crippen molar-refractivity contribution in [1.82, 2.24) is 9.80 Å². The highest BCUT2D eigenvalue weighted by atomic mass is 15.4. The maximum Gasteiger partial charge on any atom is 0.229 e. The molecule has 194 valence electrons. The van der Waals surface area contributed by atoms with Crippen molar-refractivity contribution in [2.45, 2.75) is 129 Å². The van der Waals surface area contributed by atoms with E-state index in [1.807, 2.05) is 0 Å². The first-order chi connectivity index (χ1) is 16.7. The molecule has 0 radical (unpaired) electrons. The Morgan fingerprint density at radius 2 is 1.31 bits per heavy atom. The van der Waals surface area contributed by atoms with Crippen LogP contribution in [0.5, 0.6) is 0 Å². The zero-order valence-electron chi connectivity index (χ0n) is 24.0. The third-order valence-electron chi connectivity index (χ3n) is 8.03. The summed E-state index contributed by atoms with van der Waals surface area (Å²) in [5, 5.41) is 0. The molecule has 1 aromatic carbocycles. The van der Waals surface area contributed by atoms with E-state index in [1.165, 1.54) is 81.1 Å². The van der Waals surface area contributed by atoms with Gasteiger partial charge in [-0.1, -0.05) is 94.0 Å². The van der Waals surface area contributed by atoms with Crippen molar-refractivity contribution in [3.8, 4) is 0 Å². The first kappa shape index (κ1) is 27.8. The molecule has 1 aromatic rings. The number of para-hydroxylation sites is 1. The molecule has 0 spiro atoms. The topological polar surface area (TPSA) is 31.2 Å². The van der Waals surface area contributed by atoms with Gasteiger partial charge in [0.15, 0.2) is 0 Å². The highest BCUT2D eigenvalue weighted by molar-refractivity contribution is 6.93. The minimum Gasteiger partial charge on any atom is -0.349 e. The van der Waals surface area contributed by atoms with Crippen molar-refractivity contribution in [3.63, 3.8) is 0 Å². The molecule has 0 bridgehead atoms. The van der Waals surface area contributed by atoms with Gasteiger partial charge in [-0.25, -0.2) is 9.98 Å². The van der Waals surface area contributed by atoms with Crippen molar-refractivity contribution in [1.29, 1.82) is 0 Å². The smallest absolute Gasteiger partial charge is 0.229 e. The molecule has 3 rings (SSSR count). The molecule has 4 nitrogen and oxygen atoms in total. The summed E-state index contributed by atoms with van der Waals surface area (Å²) < 4.78 is 0. The molecular weight excluding hydrogens is 427 g/mol. The molecule has 0 N–H and O–H groups in total. The number of hydrogen-bond acceptors (Lipinski definition) is 2. The van der Waals surface area contributed by atoms with Crippen molar-refractivity contribution in [2.24, 2.45) is 9.98 Å². The molecule has 0 aliphatic heterocycles. The summed E-state index contributed by atoms with van der Waals surface area (Å²) in [5.41, 5.74) is 4.98. The minimum atomic E-state index is 0.234. The molecule has 0 heterocycles. The molecule has 0 atom stereocenters. The SMILES string of the molecule is Cc1cccc(C)c1N=C(B(C1CCCCC1)C1CCCCC1)N(C(=NC(C)C)N(C)C)C(C)C. The Labute approximate surface area is 216 Å². The third kappa shape index (κ3) is 7.14. The Hall–Kier alpha value is -1.78. The van der Waals surface area contributed by atoms with Crippen molar-refractivity contribution >= 4 is 24.1 Å². The maximum absolute atomic E-state index is 5.68. The lowest BCUT2D eigenvalue weighted by atomic mass is 9.29. The molecule has 2 aliphatic carbocycles. The predicted molar refractivity (Wildman–Crippen MR) is 156 cm³/mol. The van der Waals surface area contributed by atoms with Crippen LogP contribution in [-0.2, 0) is 0 Å². The van der Waals surface area contributed by atoms with Gasteiger partial charge in [0.25, 0.3) is 0 Å². The monoisotopic (exact) mass is 478 g/mol. The van der Waals surface area contributed by atoms with Gasteiger partial charge in [0.1, 0.15) is 0 Å². The van der Waals surface area contributed by atoms with Gasteiger partial charge in [-0.05, 0) is 52.7 Å². The second-order valence-corrected chi connectivity index (χ2v) is 11.9. The highest BCUT2D eigenvalue weighted by Gasteiger charge is 2.42. The number of rotatable bonds is 6. The number of nitrogens with zero attached hydrogens (tertiary/aromatic N) is 4. The van der Waals surface area contributed by atoms with E-state index in [1.54, 1.807) is 0 Å². The Morgan fingerprint density at radius 1 is 0.829 bits per heavy atom. The summed E-state index contributed by atoms with van der Waals surface area (Å²) in [7, 11) is 4.28. The van der Waals surface area contributed by atoms with Crippen LogP contribution in [-0.4, -0.2) is 54.4 Å². The standard InChI is InChI=1S/C30H51BN4/c1-22(2)32-30(34(7)8)35(23(3)4)29(33-28-24(5)16-15-17-25(28)6)31(26-18-11-9-12-19-26)27-20-13-10-14-21-27/h15-17,22-23,26-27H,9-14,18-21H2,1-8H3. The molecule has 35 heavy (non-hydrogen) atoms. The number of hydrogen-bond donors (Lipinski definition) is 0. The van der Waals surface area contributed by atoms with Gasteiger partial charge in [-0.15, -0.1) is 0 Å². The molecule has 0 unspecified atom stereocenters. The lowest BCUT2D eigenvalue weighted by Gasteiger charge is -2.43. The predicted octanol–water partition coefficient (Wildman–Crippen LogP) is 8.07. The number of benzene rings is 1. The quantitative estimate of drug-likeness (QED) is 0.235. The van der Waals surface area contributed by atoms with Crippen LogP contribution in [0.3, 0.4) is 0 Å². The molecule has 5 heteroatoms. The first-order valence-electron chi connectivity index (χ1n) is 14.4. The van der Waals surface area contributed by atoms with Crippen molar-refractivity contribution in [2.75, 3.05) is 14.1 Å². The lowest BCUT2D eigenvalue weighted by Crippen LogP contribution is -2.56. The van der Waals surface area contributed by atoms with E-state index in [2.05, 4.69) is 83.6 Å². The van der Waals surface area contributed by atoms with Crippen LogP contribution in [0.4, 0.5) is 5.69 Å². The number of aliphatic imine (C=N–C) groups is 2.